The third-order valence-electron chi connectivity index (χ3n) is 3.04. The van der Waals surface area contributed by atoms with Crippen LogP contribution in [0.25, 0.3) is 0 Å². The lowest BCUT2D eigenvalue weighted by Crippen LogP contribution is -2.23. The molecule has 3 nitrogen and oxygen atoms in total. The van der Waals surface area contributed by atoms with Gasteiger partial charge in [0.1, 0.15) is 5.82 Å². The van der Waals surface area contributed by atoms with Gasteiger partial charge in [0, 0.05) is 16.3 Å². The van der Waals surface area contributed by atoms with Crippen molar-refractivity contribution in [3.63, 3.8) is 0 Å². The number of anilines is 1. The van der Waals surface area contributed by atoms with Crippen LogP contribution in [-0.4, -0.2) is 13.1 Å². The highest BCUT2D eigenvalue weighted by Gasteiger charge is 2.24. The van der Waals surface area contributed by atoms with E-state index in [-0.39, 0.29) is 5.56 Å². The Kier molecular flexibility index (Phi) is 4.81. The van der Waals surface area contributed by atoms with Gasteiger partial charge in [-0.3, -0.25) is 0 Å². The average molecular weight is 308 g/mol. The summed E-state index contributed by atoms with van der Waals surface area (Å²) < 4.78 is 18.8. The number of hydrogen-bond acceptors (Lipinski definition) is 3. The maximum atomic E-state index is 14.0. The quantitative estimate of drug-likeness (QED) is 0.864. The molecule has 0 bridgehead atoms. The minimum atomic E-state index is -0.937. The van der Waals surface area contributed by atoms with Gasteiger partial charge in [-0.15, -0.1) is 0 Å². The molecule has 0 amide bonds. The molecule has 0 aliphatic carbocycles. The Morgan fingerprint density at radius 2 is 2.05 bits per heavy atom. The number of rotatable bonds is 4. The SMILES string of the molecule is COC(=O)C(Nc1cccc(Cl)c1)c1cc(C)ccc1F. The second-order valence-corrected chi connectivity index (χ2v) is 5.07. The zero-order valence-corrected chi connectivity index (χ0v) is 12.4. The number of esters is 1. The number of carbonyl (C=O) groups is 1. The van der Waals surface area contributed by atoms with Crippen LogP contribution in [0, 0.1) is 12.7 Å². The van der Waals surface area contributed by atoms with Crippen LogP contribution in [0.1, 0.15) is 17.2 Å². The molecule has 1 atom stereocenters. The van der Waals surface area contributed by atoms with Crippen molar-refractivity contribution in [2.75, 3.05) is 12.4 Å². The number of nitrogens with one attached hydrogen (secondary N) is 1. The van der Waals surface area contributed by atoms with Crippen LogP contribution in [-0.2, 0) is 9.53 Å². The first-order valence-electron chi connectivity index (χ1n) is 6.37. The topological polar surface area (TPSA) is 38.3 Å². The first kappa shape index (κ1) is 15.3. The van der Waals surface area contributed by atoms with E-state index in [4.69, 9.17) is 16.3 Å². The standard InChI is InChI=1S/C16H15ClFNO2/c1-10-6-7-14(18)13(8-10)15(16(20)21-2)19-12-5-3-4-11(17)9-12/h3-9,15,19H,1-2H3. The lowest BCUT2D eigenvalue weighted by Gasteiger charge is -2.19. The number of benzene rings is 2. The first-order valence-corrected chi connectivity index (χ1v) is 6.75. The highest BCUT2D eigenvalue weighted by molar-refractivity contribution is 6.30. The molecule has 1 unspecified atom stereocenters. The van der Waals surface area contributed by atoms with Gasteiger partial charge >= 0.3 is 5.97 Å². The van der Waals surface area contributed by atoms with Crippen LogP contribution in [0.5, 0.6) is 0 Å². The molecule has 110 valence electrons. The smallest absolute Gasteiger partial charge is 0.333 e. The van der Waals surface area contributed by atoms with E-state index in [2.05, 4.69) is 5.32 Å². The van der Waals surface area contributed by atoms with Crippen molar-refractivity contribution in [3.05, 3.63) is 64.4 Å². The van der Waals surface area contributed by atoms with Gasteiger partial charge < -0.3 is 10.1 Å². The van der Waals surface area contributed by atoms with Crippen molar-refractivity contribution >= 4 is 23.3 Å². The fourth-order valence-electron chi connectivity index (χ4n) is 2.01. The van der Waals surface area contributed by atoms with E-state index in [1.807, 2.05) is 6.92 Å². The summed E-state index contributed by atoms with van der Waals surface area (Å²) in [6.07, 6.45) is 0. The second-order valence-electron chi connectivity index (χ2n) is 4.64. The Labute approximate surface area is 127 Å². The van der Waals surface area contributed by atoms with Crippen LogP contribution >= 0.6 is 11.6 Å². The molecule has 0 fully saturated rings. The molecule has 0 aromatic heterocycles. The van der Waals surface area contributed by atoms with Gasteiger partial charge in [0.25, 0.3) is 0 Å². The molecular formula is C16H15ClFNO2. The monoisotopic (exact) mass is 307 g/mol. The minimum absolute atomic E-state index is 0.238. The van der Waals surface area contributed by atoms with Gasteiger partial charge in [-0.05, 0) is 31.2 Å². The number of aryl methyl sites for hydroxylation is 1. The van der Waals surface area contributed by atoms with Crippen LogP contribution in [0.2, 0.25) is 5.02 Å². The summed E-state index contributed by atoms with van der Waals surface area (Å²) in [5, 5.41) is 3.48. The van der Waals surface area contributed by atoms with Gasteiger partial charge in [0.2, 0.25) is 0 Å². The van der Waals surface area contributed by atoms with Crippen LogP contribution in [0.4, 0.5) is 10.1 Å². The van der Waals surface area contributed by atoms with Crippen molar-refractivity contribution < 1.29 is 13.9 Å². The van der Waals surface area contributed by atoms with Crippen LogP contribution in [0.3, 0.4) is 0 Å². The third kappa shape index (κ3) is 3.73. The van der Waals surface area contributed by atoms with Crippen molar-refractivity contribution in [2.45, 2.75) is 13.0 Å². The van der Waals surface area contributed by atoms with Crippen LogP contribution in [0.15, 0.2) is 42.5 Å². The fourth-order valence-corrected chi connectivity index (χ4v) is 2.20. The highest BCUT2D eigenvalue weighted by Crippen LogP contribution is 2.25. The molecule has 0 heterocycles. The van der Waals surface area contributed by atoms with E-state index in [0.717, 1.165) is 5.56 Å². The van der Waals surface area contributed by atoms with E-state index >= 15 is 0 Å². The molecule has 0 saturated carbocycles. The zero-order valence-electron chi connectivity index (χ0n) is 11.7. The maximum Gasteiger partial charge on any atom is 0.333 e. The minimum Gasteiger partial charge on any atom is -0.467 e. The van der Waals surface area contributed by atoms with E-state index in [1.165, 1.54) is 13.2 Å². The predicted octanol–water partition coefficient (Wildman–Crippen LogP) is 4.11. The van der Waals surface area contributed by atoms with Gasteiger partial charge in [-0.1, -0.05) is 35.4 Å². The molecule has 0 radical (unpaired) electrons. The maximum absolute atomic E-state index is 14.0. The molecule has 0 saturated heterocycles. The molecule has 5 heteroatoms. The van der Waals surface area contributed by atoms with Gasteiger partial charge in [0.15, 0.2) is 6.04 Å². The molecular weight excluding hydrogens is 293 g/mol. The molecule has 2 aromatic rings. The summed E-state index contributed by atoms with van der Waals surface area (Å²) >= 11 is 5.91. The second kappa shape index (κ2) is 6.59. The summed E-state index contributed by atoms with van der Waals surface area (Å²) in [7, 11) is 1.27. The predicted molar refractivity (Wildman–Crippen MR) is 81.0 cm³/mol. The number of ether oxygens (including phenoxy) is 1. The van der Waals surface area contributed by atoms with Gasteiger partial charge in [0.05, 0.1) is 7.11 Å². The Bertz CT molecular complexity index is 660. The molecule has 0 aliphatic rings. The normalized spacial score (nSPS) is 11.8. The summed E-state index contributed by atoms with van der Waals surface area (Å²) in [5.74, 6) is -1.04. The summed E-state index contributed by atoms with van der Waals surface area (Å²) in [5.41, 5.74) is 1.70. The van der Waals surface area contributed by atoms with Crippen molar-refractivity contribution in [3.8, 4) is 0 Å². The Morgan fingerprint density at radius 1 is 1.29 bits per heavy atom. The number of hydrogen-bond donors (Lipinski definition) is 1. The molecule has 21 heavy (non-hydrogen) atoms. The number of carbonyl (C=O) groups excluding carboxylic acids is 1. The largest absolute Gasteiger partial charge is 0.467 e. The summed E-state index contributed by atoms with van der Waals surface area (Å²) in [4.78, 5) is 12.0. The van der Waals surface area contributed by atoms with Gasteiger partial charge in [-0.2, -0.15) is 0 Å². The molecule has 0 aliphatic heterocycles. The molecule has 0 spiro atoms. The first-order chi connectivity index (χ1) is 10.0. The fraction of sp³-hybridized carbons (Fsp3) is 0.188. The van der Waals surface area contributed by atoms with Crippen LogP contribution < -0.4 is 5.32 Å². The zero-order chi connectivity index (χ0) is 15.4. The highest BCUT2D eigenvalue weighted by atomic mass is 35.5. The third-order valence-corrected chi connectivity index (χ3v) is 3.27. The Hall–Kier alpha value is -2.07. The molecule has 1 N–H and O–H groups in total. The summed E-state index contributed by atoms with van der Waals surface area (Å²) in [6, 6.07) is 10.5. The molecule has 2 rings (SSSR count). The lowest BCUT2D eigenvalue weighted by atomic mass is 10.0. The summed E-state index contributed by atoms with van der Waals surface area (Å²) in [6.45, 7) is 1.83. The van der Waals surface area contributed by atoms with E-state index in [1.54, 1.807) is 36.4 Å². The average Bonchev–Trinajstić information content (AvgIpc) is 2.47. The number of halogens is 2. The van der Waals surface area contributed by atoms with Crippen molar-refractivity contribution in [1.82, 2.24) is 0 Å². The van der Waals surface area contributed by atoms with E-state index < -0.39 is 17.8 Å². The Balaban J connectivity index is 2.39. The van der Waals surface area contributed by atoms with E-state index in [9.17, 15) is 9.18 Å². The van der Waals surface area contributed by atoms with Crippen molar-refractivity contribution in [1.29, 1.82) is 0 Å². The molecule has 2 aromatic carbocycles. The van der Waals surface area contributed by atoms with E-state index in [0.29, 0.717) is 10.7 Å². The van der Waals surface area contributed by atoms with Crippen molar-refractivity contribution in [2.24, 2.45) is 0 Å². The lowest BCUT2D eigenvalue weighted by molar-refractivity contribution is -0.141. The number of methoxy groups -OCH3 is 1. The van der Waals surface area contributed by atoms with Gasteiger partial charge in [-0.25, -0.2) is 9.18 Å². The Morgan fingerprint density at radius 3 is 2.71 bits per heavy atom.